The maximum absolute atomic E-state index is 12.1. The van der Waals surface area contributed by atoms with E-state index in [0.717, 1.165) is 5.75 Å². The van der Waals surface area contributed by atoms with Gasteiger partial charge in [-0.1, -0.05) is 41.0 Å². The monoisotopic (exact) mass is 472 g/mol. The molecule has 0 bridgehead atoms. The molecule has 174 valence electrons. The highest BCUT2D eigenvalue weighted by atomic mass is 35.5. The average Bonchev–Trinajstić information content (AvgIpc) is 3.25. The molecule has 1 heterocycles. The van der Waals surface area contributed by atoms with Gasteiger partial charge in [-0.2, -0.15) is 0 Å². The predicted molar refractivity (Wildman–Crippen MR) is 122 cm³/mol. The first-order valence-electron chi connectivity index (χ1n) is 10.4. The second kappa shape index (κ2) is 11.0. The van der Waals surface area contributed by atoms with Crippen molar-refractivity contribution in [2.75, 3.05) is 13.7 Å². The Kier molecular flexibility index (Phi) is 8.08. The van der Waals surface area contributed by atoms with Gasteiger partial charge >= 0.3 is 5.97 Å². The van der Waals surface area contributed by atoms with Crippen molar-refractivity contribution in [3.8, 4) is 17.1 Å². The molecular weight excluding hydrogens is 448 g/mol. The van der Waals surface area contributed by atoms with Gasteiger partial charge in [-0.3, -0.25) is 4.79 Å². The fourth-order valence-electron chi connectivity index (χ4n) is 3.08. The molecule has 1 aromatic carbocycles. The quantitative estimate of drug-likeness (QED) is 0.374. The van der Waals surface area contributed by atoms with Crippen molar-refractivity contribution in [3.05, 3.63) is 69.7 Å². The predicted octanol–water partition coefficient (Wildman–Crippen LogP) is 4.29. The number of carboxylic acid groups (broad SMARTS) is 1. The van der Waals surface area contributed by atoms with Gasteiger partial charge in [-0.25, -0.2) is 4.79 Å². The summed E-state index contributed by atoms with van der Waals surface area (Å²) in [6.07, 6.45) is -1.05. The highest BCUT2D eigenvalue weighted by Crippen LogP contribution is 2.28. The number of hydrogen-bond acceptors (Lipinski definition) is 6. The van der Waals surface area contributed by atoms with E-state index in [1.807, 2.05) is 6.07 Å². The van der Waals surface area contributed by atoms with E-state index in [4.69, 9.17) is 30.7 Å². The molecule has 33 heavy (non-hydrogen) atoms. The average molecular weight is 473 g/mol. The van der Waals surface area contributed by atoms with Gasteiger partial charge in [0, 0.05) is 29.8 Å². The van der Waals surface area contributed by atoms with E-state index >= 15 is 0 Å². The summed E-state index contributed by atoms with van der Waals surface area (Å²) in [6, 6.07) is 14.7. The SMILES string of the molecule is CC(C)OC(CCNC(=O)c1cc(-c2ccccc2Cl)on1)C(=O)O.COc1cc2ccc1=2. The van der Waals surface area contributed by atoms with Gasteiger partial charge in [0.25, 0.3) is 5.91 Å². The van der Waals surface area contributed by atoms with Crippen LogP contribution in [0.3, 0.4) is 0 Å². The number of methoxy groups -OCH3 is 1. The molecule has 2 aliphatic rings. The lowest BCUT2D eigenvalue weighted by molar-refractivity contribution is -0.153. The molecule has 1 amide bonds. The number of ether oxygens (including phenoxy) is 2. The molecule has 0 spiro atoms. The van der Waals surface area contributed by atoms with E-state index in [1.165, 1.54) is 16.5 Å². The number of aliphatic carboxylic acids is 1. The molecule has 0 fully saturated rings. The molecule has 0 radical (unpaired) electrons. The lowest BCUT2D eigenvalue weighted by Gasteiger charge is -2.16. The molecule has 2 aromatic rings. The van der Waals surface area contributed by atoms with Crippen LogP contribution in [0, 0.1) is 10.4 Å². The summed E-state index contributed by atoms with van der Waals surface area (Å²) in [4.78, 5) is 23.2. The standard InChI is InChI=1S/C17H19ClN2O5.C7H6O/c1-10(2)24-14(17(22)23)7-8-19-16(21)13-9-15(25-20-13)11-5-3-4-6-12(11)18;1-8-7-4-5-2-3-6(5)7/h3-6,9-10,14H,7-8H2,1-2H3,(H,19,21)(H,22,23);2-4H,1H3. The molecule has 1 unspecified atom stereocenters. The summed E-state index contributed by atoms with van der Waals surface area (Å²) in [7, 11) is 1.70. The number of nitrogens with zero attached hydrogens (tertiary/aromatic N) is 1. The molecule has 1 aromatic heterocycles. The van der Waals surface area contributed by atoms with E-state index in [9.17, 15) is 9.59 Å². The number of carboxylic acids is 1. The number of rotatable bonds is 9. The fraction of sp³-hybridized carbons (Fsp3) is 0.292. The minimum atomic E-state index is -1.06. The Morgan fingerprint density at radius 2 is 1.94 bits per heavy atom. The van der Waals surface area contributed by atoms with Crippen LogP contribution in [0.15, 0.2) is 53.1 Å². The molecule has 1 atom stereocenters. The van der Waals surface area contributed by atoms with Gasteiger partial charge in [0.2, 0.25) is 0 Å². The van der Waals surface area contributed by atoms with Gasteiger partial charge < -0.3 is 24.4 Å². The van der Waals surface area contributed by atoms with Crippen LogP contribution in [0.1, 0.15) is 30.8 Å². The smallest absolute Gasteiger partial charge is 0.332 e. The van der Waals surface area contributed by atoms with Crippen LogP contribution in [0.5, 0.6) is 5.75 Å². The number of amides is 1. The van der Waals surface area contributed by atoms with Crippen LogP contribution in [0.4, 0.5) is 0 Å². The first-order valence-corrected chi connectivity index (χ1v) is 10.7. The molecule has 0 saturated carbocycles. The summed E-state index contributed by atoms with van der Waals surface area (Å²) < 4.78 is 15.4. The van der Waals surface area contributed by atoms with Gasteiger partial charge in [-0.05, 0) is 37.3 Å². The zero-order chi connectivity index (χ0) is 24.0. The third-order valence-electron chi connectivity index (χ3n) is 4.80. The molecule has 8 nitrogen and oxygen atoms in total. The number of nitrogens with one attached hydrogen (secondary N) is 1. The van der Waals surface area contributed by atoms with E-state index < -0.39 is 18.0 Å². The zero-order valence-corrected chi connectivity index (χ0v) is 19.3. The Hall–Kier alpha value is -3.36. The van der Waals surface area contributed by atoms with Crippen molar-refractivity contribution in [2.24, 2.45) is 0 Å². The third-order valence-corrected chi connectivity index (χ3v) is 5.13. The van der Waals surface area contributed by atoms with Gasteiger partial charge in [0.15, 0.2) is 17.6 Å². The van der Waals surface area contributed by atoms with Crippen molar-refractivity contribution >= 4 is 23.5 Å². The van der Waals surface area contributed by atoms with Crippen LogP contribution in [0.25, 0.3) is 11.3 Å². The third kappa shape index (κ3) is 6.12. The van der Waals surface area contributed by atoms with E-state index in [2.05, 4.69) is 22.6 Å². The molecule has 9 heteroatoms. The molecule has 4 rings (SSSR count). The number of carbonyl (C=O) groups excluding carboxylic acids is 1. The Labute approximate surface area is 195 Å². The molecule has 2 aliphatic carbocycles. The summed E-state index contributed by atoms with van der Waals surface area (Å²) in [5.74, 6) is -0.120. The summed E-state index contributed by atoms with van der Waals surface area (Å²) >= 11 is 6.08. The van der Waals surface area contributed by atoms with Crippen molar-refractivity contribution in [1.29, 1.82) is 0 Å². The fourth-order valence-corrected chi connectivity index (χ4v) is 3.31. The number of carbonyl (C=O) groups is 2. The van der Waals surface area contributed by atoms with Gasteiger partial charge in [0.05, 0.1) is 18.2 Å². The molecule has 2 N–H and O–H groups in total. The van der Waals surface area contributed by atoms with Gasteiger partial charge in [-0.15, -0.1) is 0 Å². The number of benzene rings is 2. The highest BCUT2D eigenvalue weighted by Gasteiger charge is 2.20. The van der Waals surface area contributed by atoms with Crippen LogP contribution in [-0.4, -0.2) is 48.0 Å². The zero-order valence-electron chi connectivity index (χ0n) is 18.5. The van der Waals surface area contributed by atoms with E-state index in [0.29, 0.717) is 16.3 Å². The van der Waals surface area contributed by atoms with Crippen LogP contribution >= 0.6 is 11.6 Å². The summed E-state index contributed by atoms with van der Waals surface area (Å²) in [6.45, 7) is 3.64. The van der Waals surface area contributed by atoms with E-state index in [1.54, 1.807) is 45.2 Å². The number of halogens is 1. The van der Waals surface area contributed by atoms with Gasteiger partial charge in [0.1, 0.15) is 5.75 Å². The molecule has 0 aliphatic heterocycles. The molecular formula is C24H25ClN2O6. The van der Waals surface area contributed by atoms with E-state index in [-0.39, 0.29) is 24.8 Å². The van der Waals surface area contributed by atoms with Crippen molar-refractivity contribution in [1.82, 2.24) is 10.5 Å². The number of aromatic nitrogens is 1. The Balaban J connectivity index is 0.000000316. The van der Waals surface area contributed by atoms with Crippen LogP contribution in [-0.2, 0) is 9.53 Å². The number of hydrogen-bond donors (Lipinski definition) is 2. The second-order valence-electron chi connectivity index (χ2n) is 7.53. The Morgan fingerprint density at radius 3 is 2.45 bits per heavy atom. The topological polar surface area (TPSA) is 111 Å². The normalized spacial score (nSPS) is 11.9. The highest BCUT2D eigenvalue weighted by molar-refractivity contribution is 6.33. The molecule has 0 saturated heterocycles. The Bertz CT molecular complexity index is 1220. The first kappa shape index (κ1) is 24.3. The summed E-state index contributed by atoms with van der Waals surface area (Å²) in [5.41, 5.74) is 0.721. The van der Waals surface area contributed by atoms with Crippen molar-refractivity contribution in [3.63, 3.8) is 0 Å². The van der Waals surface area contributed by atoms with Crippen molar-refractivity contribution < 1.29 is 28.7 Å². The lowest BCUT2D eigenvalue weighted by atomic mass is 10.1. The first-order chi connectivity index (χ1) is 15.8. The lowest BCUT2D eigenvalue weighted by Crippen LogP contribution is -2.33. The van der Waals surface area contributed by atoms with Crippen LogP contribution < -0.4 is 10.1 Å². The minimum Gasteiger partial charge on any atom is -0.496 e. The second-order valence-corrected chi connectivity index (χ2v) is 7.93. The van der Waals surface area contributed by atoms with Crippen LogP contribution in [0.2, 0.25) is 5.02 Å². The maximum Gasteiger partial charge on any atom is 0.332 e. The van der Waals surface area contributed by atoms with Crippen molar-refractivity contribution in [2.45, 2.75) is 32.5 Å². The maximum atomic E-state index is 12.1. The largest absolute Gasteiger partial charge is 0.496 e. The minimum absolute atomic E-state index is 0.0894. The Morgan fingerprint density at radius 1 is 1.18 bits per heavy atom. The summed E-state index contributed by atoms with van der Waals surface area (Å²) in [5, 5.41) is 18.5.